The van der Waals surface area contributed by atoms with Gasteiger partial charge in [0, 0.05) is 65.1 Å². The van der Waals surface area contributed by atoms with Crippen LogP contribution in [0.3, 0.4) is 0 Å². The van der Waals surface area contributed by atoms with Crippen LogP contribution in [0.1, 0.15) is 55.2 Å². The SMILES string of the molecule is COC1=C(C)C(=O)C2=C(C1=O)C1C3[C@@H]4SCC(NC(C)=O)C(=O)OC[C@@H](c5c6c(c(C)c(OC(C)=O)c54)OCO6)N3[C@@H](C#N)C(C2)N1C. The van der Waals surface area contributed by atoms with E-state index in [4.69, 9.17) is 23.7 Å². The Morgan fingerprint density at radius 1 is 1.06 bits per heavy atom. The van der Waals surface area contributed by atoms with Gasteiger partial charge in [-0.1, -0.05) is 0 Å². The maximum absolute atomic E-state index is 14.3. The zero-order valence-electron chi connectivity index (χ0n) is 27.2. The van der Waals surface area contributed by atoms with Gasteiger partial charge in [0.25, 0.3) is 0 Å². The van der Waals surface area contributed by atoms with Crippen LogP contribution in [0, 0.1) is 18.3 Å². The molecule has 5 heterocycles. The van der Waals surface area contributed by atoms with Crippen molar-refractivity contribution in [2.45, 2.75) is 75.6 Å². The topological polar surface area (TPSA) is 174 Å². The number of nitrogens with zero attached hydrogens (tertiary/aromatic N) is 3. The maximum Gasteiger partial charge on any atom is 0.329 e. The molecule has 1 amide bonds. The average Bonchev–Trinajstić information content (AvgIpc) is 3.53. The molecule has 0 aromatic heterocycles. The Morgan fingerprint density at radius 3 is 2.46 bits per heavy atom. The van der Waals surface area contributed by atoms with Gasteiger partial charge in [-0.25, -0.2) is 4.79 Å². The molecule has 4 bridgehead atoms. The summed E-state index contributed by atoms with van der Waals surface area (Å²) in [6.07, 6.45) is 0.148. The number of ether oxygens (including phenoxy) is 5. The van der Waals surface area contributed by atoms with Crippen LogP contribution < -0.4 is 19.5 Å². The summed E-state index contributed by atoms with van der Waals surface area (Å²) in [4.78, 5) is 70.2. The van der Waals surface area contributed by atoms with Gasteiger partial charge >= 0.3 is 11.9 Å². The van der Waals surface area contributed by atoms with Crippen LogP contribution in [0.15, 0.2) is 22.5 Å². The minimum atomic E-state index is -1.01. The number of ketones is 2. The molecule has 2 saturated heterocycles. The van der Waals surface area contributed by atoms with Gasteiger partial charge in [0.15, 0.2) is 23.0 Å². The predicted molar refractivity (Wildman–Crippen MR) is 167 cm³/mol. The second-order valence-electron chi connectivity index (χ2n) is 12.7. The molecule has 4 unspecified atom stereocenters. The fourth-order valence-corrected chi connectivity index (χ4v) is 9.82. The molecule has 48 heavy (non-hydrogen) atoms. The van der Waals surface area contributed by atoms with E-state index in [1.165, 1.54) is 32.7 Å². The number of hydrogen-bond donors (Lipinski definition) is 1. The molecule has 0 saturated carbocycles. The molecule has 2 fully saturated rings. The van der Waals surface area contributed by atoms with Crippen molar-refractivity contribution in [3.05, 3.63) is 39.2 Å². The molecule has 6 aliphatic rings. The summed E-state index contributed by atoms with van der Waals surface area (Å²) >= 11 is 1.30. The Hall–Kier alpha value is -4.39. The first-order chi connectivity index (χ1) is 22.9. The van der Waals surface area contributed by atoms with E-state index in [0.717, 1.165) is 0 Å². The molecule has 5 aliphatic heterocycles. The molecule has 1 N–H and O–H groups in total. The van der Waals surface area contributed by atoms with Crippen LogP contribution in [0.5, 0.6) is 17.2 Å². The standard InChI is InChI=1S/C33H34N4O10S/c1-12-26(40)16-7-18-19(8-34)37-20-9-44-33(42)17(35-14(3)38)10-48-32(25(37)24(36(18)5)21(16)27(41)29(12)43-6)23-22(20)31-30(45-11-46-31)13(2)28(23)47-15(4)39/h17-20,24-25,32H,7,9-11H2,1-6H3,(H,35,38)/t17?,18?,19-,20-,24?,25?,32+/m0/s1. The first kappa shape index (κ1) is 32.2. The number of carbonyl (C=O) groups excluding carboxylic acids is 5. The average molecular weight is 679 g/mol. The van der Waals surface area contributed by atoms with Gasteiger partial charge in [-0.15, -0.1) is 11.8 Å². The third-order valence-corrected chi connectivity index (χ3v) is 11.6. The lowest BCUT2D eigenvalue weighted by Gasteiger charge is -2.62. The first-order valence-corrected chi connectivity index (χ1v) is 16.6. The summed E-state index contributed by atoms with van der Waals surface area (Å²) in [6, 6.07) is -2.12. The van der Waals surface area contributed by atoms with Gasteiger partial charge < -0.3 is 29.0 Å². The second kappa shape index (κ2) is 11.6. The molecule has 252 valence electrons. The minimum Gasteiger partial charge on any atom is -0.492 e. The number of likely N-dealkylation sites (N-methyl/N-ethyl adjacent to an activating group) is 1. The van der Waals surface area contributed by atoms with Crippen molar-refractivity contribution in [2.75, 3.05) is 33.3 Å². The zero-order valence-corrected chi connectivity index (χ0v) is 28.0. The lowest BCUT2D eigenvalue weighted by atomic mass is 9.68. The number of carbonyl (C=O) groups is 5. The third kappa shape index (κ3) is 4.49. The highest BCUT2D eigenvalue weighted by Gasteiger charge is 2.62. The van der Waals surface area contributed by atoms with Crippen LogP contribution in [-0.4, -0.2) is 103 Å². The van der Waals surface area contributed by atoms with E-state index in [1.807, 2.05) is 16.8 Å². The number of esters is 2. The third-order valence-electron chi connectivity index (χ3n) is 10.2. The molecule has 1 aromatic rings. The van der Waals surface area contributed by atoms with Gasteiger partial charge in [-0.3, -0.25) is 29.0 Å². The molecule has 0 radical (unpaired) electrons. The van der Waals surface area contributed by atoms with Crippen LogP contribution in [-0.2, 0) is 33.4 Å². The van der Waals surface area contributed by atoms with Crippen molar-refractivity contribution >= 4 is 41.2 Å². The molecule has 7 atom stereocenters. The summed E-state index contributed by atoms with van der Waals surface area (Å²) in [5.74, 6) is -1.31. The zero-order chi connectivity index (χ0) is 34.3. The van der Waals surface area contributed by atoms with Gasteiger partial charge in [-0.05, 0) is 27.3 Å². The molecule has 15 heteroatoms. The molecular formula is C33H34N4O10S. The number of piperazine rings is 1. The predicted octanol–water partition coefficient (Wildman–Crippen LogP) is 1.56. The summed E-state index contributed by atoms with van der Waals surface area (Å²) in [5, 5.41) is 12.9. The number of allylic oxidation sites excluding steroid dienone is 2. The Morgan fingerprint density at radius 2 is 1.79 bits per heavy atom. The molecule has 14 nitrogen and oxygen atoms in total. The maximum atomic E-state index is 14.3. The monoisotopic (exact) mass is 678 g/mol. The number of benzene rings is 1. The summed E-state index contributed by atoms with van der Waals surface area (Å²) in [7, 11) is 3.20. The van der Waals surface area contributed by atoms with Crippen LogP contribution >= 0.6 is 11.8 Å². The van der Waals surface area contributed by atoms with Crippen LogP contribution in [0.2, 0.25) is 0 Å². The summed E-state index contributed by atoms with van der Waals surface area (Å²) < 4.78 is 29.3. The van der Waals surface area contributed by atoms with Gasteiger partial charge in [0.1, 0.15) is 24.4 Å². The van der Waals surface area contributed by atoms with Gasteiger partial charge in [-0.2, -0.15) is 5.26 Å². The number of thioether (sulfide) groups is 1. The Kier molecular flexibility index (Phi) is 7.80. The highest BCUT2D eigenvalue weighted by Crippen LogP contribution is 2.62. The van der Waals surface area contributed by atoms with E-state index >= 15 is 0 Å². The van der Waals surface area contributed by atoms with Crippen molar-refractivity contribution in [3.8, 4) is 23.3 Å². The molecule has 7 rings (SSSR count). The molecule has 1 aromatic carbocycles. The van der Waals surface area contributed by atoms with Gasteiger partial charge in [0.2, 0.25) is 18.5 Å². The first-order valence-electron chi connectivity index (χ1n) is 15.6. The van der Waals surface area contributed by atoms with E-state index in [9.17, 15) is 29.2 Å². The smallest absolute Gasteiger partial charge is 0.329 e. The highest BCUT2D eigenvalue weighted by atomic mass is 32.2. The van der Waals surface area contributed by atoms with Crippen molar-refractivity contribution in [1.29, 1.82) is 5.26 Å². The van der Waals surface area contributed by atoms with Crippen molar-refractivity contribution in [3.63, 3.8) is 0 Å². The van der Waals surface area contributed by atoms with Crippen molar-refractivity contribution in [2.24, 2.45) is 0 Å². The molecule has 1 aliphatic carbocycles. The number of nitriles is 1. The van der Waals surface area contributed by atoms with Crippen LogP contribution in [0.4, 0.5) is 0 Å². The number of nitrogens with one attached hydrogen (secondary N) is 1. The summed E-state index contributed by atoms with van der Waals surface area (Å²) in [5.41, 5.74) is 2.52. The molecular weight excluding hydrogens is 644 g/mol. The Balaban J connectivity index is 1.53. The van der Waals surface area contributed by atoms with E-state index in [2.05, 4.69) is 11.4 Å². The number of amides is 1. The van der Waals surface area contributed by atoms with E-state index < -0.39 is 65.1 Å². The largest absolute Gasteiger partial charge is 0.492 e. The number of hydrogen-bond acceptors (Lipinski definition) is 14. The second-order valence-corrected chi connectivity index (χ2v) is 13.9. The Labute approximate surface area is 280 Å². The number of fused-ring (bicyclic) bond motifs is 8. The van der Waals surface area contributed by atoms with Crippen molar-refractivity contribution < 1.29 is 47.7 Å². The minimum absolute atomic E-state index is 0.0305. The number of cyclic esters (lactones) is 1. The fourth-order valence-electron chi connectivity index (χ4n) is 8.32. The lowest BCUT2D eigenvalue weighted by molar-refractivity contribution is -0.152. The fraction of sp³-hybridized carbons (Fsp3) is 0.515. The van der Waals surface area contributed by atoms with E-state index in [1.54, 1.807) is 13.8 Å². The van der Waals surface area contributed by atoms with E-state index in [-0.39, 0.29) is 48.4 Å². The normalized spacial score (nSPS) is 30.9. The lowest BCUT2D eigenvalue weighted by Crippen LogP contribution is -2.73. The van der Waals surface area contributed by atoms with Gasteiger partial charge in [0.05, 0.1) is 30.5 Å². The number of methoxy groups -OCH3 is 1. The quantitative estimate of drug-likeness (QED) is 0.277. The van der Waals surface area contributed by atoms with Crippen molar-refractivity contribution in [1.82, 2.24) is 15.1 Å². The number of rotatable bonds is 3. The molecule has 0 spiro atoms. The summed E-state index contributed by atoms with van der Waals surface area (Å²) in [6.45, 7) is 5.57. The van der Waals surface area contributed by atoms with E-state index in [0.29, 0.717) is 39.3 Å². The number of Topliss-reactive ketones (excluding diaryl/α,β-unsaturated/α-hetero) is 2. The highest BCUT2D eigenvalue weighted by molar-refractivity contribution is 7.99. The van der Waals surface area contributed by atoms with Crippen LogP contribution in [0.25, 0.3) is 0 Å². The Bertz CT molecular complexity index is 1810.